The molecule has 0 radical (unpaired) electrons. The molecule has 3 aliphatic rings. The molecule has 0 aliphatic carbocycles. The van der Waals surface area contributed by atoms with Crippen LogP contribution in [0, 0.1) is 5.82 Å². The lowest BCUT2D eigenvalue weighted by atomic mass is 9.96. The summed E-state index contributed by atoms with van der Waals surface area (Å²) in [4.78, 5) is 29.6. The van der Waals surface area contributed by atoms with Crippen molar-refractivity contribution in [1.29, 1.82) is 0 Å². The standard InChI is InChI=1S/C29H25BrClFN2O5/c1-37-29(36)23-10-25(32)22(11-26(23)34-18-6-7-19(34)14-38-13-18)20-4-2-3-16-12-33(15-39-27(16)20)28(35)21-8-5-17(30)9-24(21)31/h2-5,8-11,18-19H,6-7,12-15H2,1H3. The first-order chi connectivity index (χ1) is 18.9. The van der Waals surface area contributed by atoms with E-state index in [4.69, 9.17) is 25.8 Å². The summed E-state index contributed by atoms with van der Waals surface area (Å²) in [5, 5.41) is 0.339. The van der Waals surface area contributed by atoms with Gasteiger partial charge in [0.1, 0.15) is 11.6 Å². The number of anilines is 1. The molecule has 3 heterocycles. The SMILES string of the molecule is COC(=O)c1cc(F)c(-c2cccc3c2OCN(C(=O)c2ccc(Br)cc2Cl)C3)cc1N1C2CCC1COC2. The number of benzene rings is 3. The number of nitrogens with zero attached hydrogens (tertiary/aromatic N) is 2. The van der Waals surface area contributed by atoms with Crippen LogP contribution in [0.1, 0.15) is 39.1 Å². The fourth-order valence-electron chi connectivity index (χ4n) is 5.73. The van der Waals surface area contributed by atoms with Crippen molar-refractivity contribution in [1.82, 2.24) is 4.90 Å². The van der Waals surface area contributed by atoms with Crippen molar-refractivity contribution in [3.8, 4) is 16.9 Å². The number of hydrogen-bond acceptors (Lipinski definition) is 6. The largest absolute Gasteiger partial charge is 0.472 e. The molecule has 2 fully saturated rings. The monoisotopic (exact) mass is 614 g/mol. The predicted octanol–water partition coefficient (Wildman–Crippen LogP) is 6.06. The highest BCUT2D eigenvalue weighted by molar-refractivity contribution is 9.10. The first-order valence-electron chi connectivity index (χ1n) is 12.6. The van der Waals surface area contributed by atoms with E-state index < -0.39 is 11.8 Å². The highest BCUT2D eigenvalue weighted by Gasteiger charge is 2.40. The molecule has 39 heavy (non-hydrogen) atoms. The molecule has 1 amide bonds. The van der Waals surface area contributed by atoms with Crippen LogP contribution in [-0.4, -0.2) is 55.9 Å². The van der Waals surface area contributed by atoms with Gasteiger partial charge in [0.25, 0.3) is 5.91 Å². The van der Waals surface area contributed by atoms with Gasteiger partial charge in [-0.05, 0) is 43.2 Å². The van der Waals surface area contributed by atoms with E-state index in [9.17, 15) is 9.59 Å². The van der Waals surface area contributed by atoms with Gasteiger partial charge in [-0.25, -0.2) is 9.18 Å². The summed E-state index contributed by atoms with van der Waals surface area (Å²) < 4.78 is 33.3. The number of rotatable bonds is 4. The minimum absolute atomic E-state index is 0.0163. The van der Waals surface area contributed by atoms with Crippen LogP contribution in [0.3, 0.4) is 0 Å². The van der Waals surface area contributed by atoms with Gasteiger partial charge in [-0.15, -0.1) is 0 Å². The first-order valence-corrected chi connectivity index (χ1v) is 13.8. The van der Waals surface area contributed by atoms with Crippen LogP contribution >= 0.6 is 27.5 Å². The summed E-state index contributed by atoms with van der Waals surface area (Å²) in [5.41, 5.74) is 2.80. The second-order valence-corrected chi connectivity index (χ2v) is 11.2. The number of fused-ring (bicyclic) bond motifs is 3. The molecular formula is C29H25BrClFN2O5. The van der Waals surface area contributed by atoms with Crippen LogP contribution in [0.5, 0.6) is 5.75 Å². The molecule has 2 bridgehead atoms. The molecule has 0 N–H and O–H groups in total. The molecule has 2 saturated heterocycles. The number of ether oxygens (including phenoxy) is 3. The summed E-state index contributed by atoms with van der Waals surface area (Å²) in [6.45, 7) is 1.37. The molecule has 2 unspecified atom stereocenters. The van der Waals surface area contributed by atoms with Crippen molar-refractivity contribution in [3.05, 3.63) is 80.5 Å². The molecule has 0 spiro atoms. The number of methoxy groups -OCH3 is 1. The van der Waals surface area contributed by atoms with Gasteiger partial charge in [0.15, 0.2) is 6.73 Å². The summed E-state index contributed by atoms with van der Waals surface area (Å²) in [7, 11) is 1.29. The van der Waals surface area contributed by atoms with Crippen molar-refractivity contribution >= 4 is 45.1 Å². The van der Waals surface area contributed by atoms with E-state index in [2.05, 4.69) is 20.8 Å². The Morgan fingerprint density at radius 2 is 1.82 bits per heavy atom. The third-order valence-electron chi connectivity index (χ3n) is 7.57. The van der Waals surface area contributed by atoms with E-state index in [0.717, 1.165) is 22.9 Å². The number of carbonyl (C=O) groups excluding carboxylic acids is 2. The van der Waals surface area contributed by atoms with Crippen molar-refractivity contribution in [2.24, 2.45) is 0 Å². The highest BCUT2D eigenvalue weighted by Crippen LogP contribution is 2.43. The molecule has 0 saturated carbocycles. The molecule has 3 aromatic rings. The molecule has 3 aromatic carbocycles. The minimum Gasteiger partial charge on any atom is -0.472 e. The van der Waals surface area contributed by atoms with Gasteiger partial charge in [0.05, 0.1) is 60.8 Å². The summed E-state index contributed by atoms with van der Waals surface area (Å²) >= 11 is 9.67. The van der Waals surface area contributed by atoms with Gasteiger partial charge >= 0.3 is 5.97 Å². The fourth-order valence-corrected chi connectivity index (χ4v) is 6.48. The Bertz CT molecular complexity index is 1470. The quantitative estimate of drug-likeness (QED) is 0.333. The molecule has 3 aliphatic heterocycles. The number of morpholine rings is 1. The molecule has 7 nitrogen and oxygen atoms in total. The average Bonchev–Trinajstić information content (AvgIpc) is 3.18. The Labute approximate surface area is 238 Å². The van der Waals surface area contributed by atoms with E-state index in [1.54, 1.807) is 35.2 Å². The molecule has 202 valence electrons. The molecule has 0 aromatic heterocycles. The lowest BCUT2D eigenvalue weighted by Gasteiger charge is -2.37. The van der Waals surface area contributed by atoms with Gasteiger partial charge in [-0.3, -0.25) is 4.79 Å². The third-order valence-corrected chi connectivity index (χ3v) is 8.38. The maximum atomic E-state index is 15.7. The highest BCUT2D eigenvalue weighted by atomic mass is 79.9. The van der Waals surface area contributed by atoms with E-state index in [0.29, 0.717) is 46.4 Å². The Morgan fingerprint density at radius 1 is 1.05 bits per heavy atom. The topological polar surface area (TPSA) is 68.3 Å². The molecule has 2 atom stereocenters. The maximum Gasteiger partial charge on any atom is 0.340 e. The Kier molecular flexibility index (Phi) is 6.99. The Balaban J connectivity index is 1.37. The van der Waals surface area contributed by atoms with Crippen LogP contribution in [0.15, 0.2) is 53.0 Å². The van der Waals surface area contributed by atoms with Crippen LogP contribution in [0.2, 0.25) is 5.02 Å². The van der Waals surface area contributed by atoms with Crippen LogP contribution in [0.4, 0.5) is 10.1 Å². The number of para-hydroxylation sites is 1. The second-order valence-electron chi connectivity index (χ2n) is 9.87. The van der Waals surface area contributed by atoms with Gasteiger partial charge in [-0.2, -0.15) is 0 Å². The van der Waals surface area contributed by atoms with Gasteiger partial charge < -0.3 is 24.0 Å². The van der Waals surface area contributed by atoms with Crippen molar-refractivity contribution in [2.75, 3.05) is 32.0 Å². The van der Waals surface area contributed by atoms with Crippen LogP contribution in [0.25, 0.3) is 11.1 Å². The summed E-state index contributed by atoms with van der Waals surface area (Å²) in [5.74, 6) is -0.906. The molecule has 6 rings (SSSR count). The van der Waals surface area contributed by atoms with Gasteiger partial charge in [-0.1, -0.05) is 45.7 Å². The summed E-state index contributed by atoms with van der Waals surface area (Å²) in [6.07, 6.45) is 1.88. The predicted molar refractivity (Wildman–Crippen MR) is 148 cm³/mol. The normalized spacial score (nSPS) is 19.9. The van der Waals surface area contributed by atoms with Crippen LogP contribution in [-0.2, 0) is 16.0 Å². The number of carbonyl (C=O) groups is 2. The number of hydrogen-bond donors (Lipinski definition) is 0. The number of esters is 1. The van der Waals surface area contributed by atoms with E-state index in [1.165, 1.54) is 13.2 Å². The zero-order chi connectivity index (χ0) is 27.3. The lowest BCUT2D eigenvalue weighted by molar-refractivity contribution is 0.0515. The number of halogens is 3. The zero-order valence-electron chi connectivity index (χ0n) is 21.1. The average molecular weight is 616 g/mol. The van der Waals surface area contributed by atoms with E-state index in [-0.39, 0.29) is 36.8 Å². The fraction of sp³-hybridized carbons (Fsp3) is 0.310. The Hall–Kier alpha value is -3.14. The smallest absolute Gasteiger partial charge is 0.340 e. The van der Waals surface area contributed by atoms with Crippen molar-refractivity contribution in [3.63, 3.8) is 0 Å². The Morgan fingerprint density at radius 3 is 2.54 bits per heavy atom. The maximum absolute atomic E-state index is 15.7. The second kappa shape index (κ2) is 10.4. The van der Waals surface area contributed by atoms with Crippen LogP contribution < -0.4 is 9.64 Å². The minimum atomic E-state index is -0.589. The zero-order valence-corrected chi connectivity index (χ0v) is 23.4. The first kappa shape index (κ1) is 26.1. The van der Waals surface area contributed by atoms with Gasteiger partial charge in [0.2, 0.25) is 0 Å². The summed E-state index contributed by atoms with van der Waals surface area (Å²) in [6, 6.07) is 13.7. The number of amides is 1. The van der Waals surface area contributed by atoms with E-state index >= 15 is 4.39 Å². The third kappa shape index (κ3) is 4.66. The van der Waals surface area contributed by atoms with Gasteiger partial charge in [0, 0.05) is 21.2 Å². The van der Waals surface area contributed by atoms with Crippen molar-refractivity contribution < 1.29 is 28.2 Å². The molecule has 10 heteroatoms. The molecular weight excluding hydrogens is 591 g/mol. The lowest BCUT2D eigenvalue weighted by Crippen LogP contribution is -2.46. The van der Waals surface area contributed by atoms with Crippen molar-refractivity contribution in [2.45, 2.75) is 31.5 Å². The van der Waals surface area contributed by atoms with E-state index in [1.807, 2.05) is 12.1 Å².